The number of rotatable bonds is 5. The molecule has 6 rings (SSSR count). The molecule has 0 radical (unpaired) electrons. The first-order valence-corrected chi connectivity index (χ1v) is 11.3. The lowest BCUT2D eigenvalue weighted by atomic mass is 10.1. The number of anilines is 1. The molecule has 1 amide bonds. The van der Waals surface area contributed by atoms with Gasteiger partial charge in [-0.1, -0.05) is 13.0 Å². The van der Waals surface area contributed by atoms with E-state index in [9.17, 15) is 4.79 Å². The summed E-state index contributed by atoms with van der Waals surface area (Å²) in [6.07, 6.45) is 9.40. The highest BCUT2D eigenvalue weighted by molar-refractivity contribution is 5.98. The molecule has 5 aromatic heterocycles. The number of hydrogen-bond acceptors (Lipinski definition) is 5. The number of imidazole rings is 1. The standard InChI is InChI=1S/C26H22N8O/c1-3-24(35)30-18-7-16(10-27-12-18)17-8-20-25(32-33-26(20)28-11-17)22-9-19-21(31-22)5-4-6-23(19)34-13-15(2)29-14-34/h4-14,31H,3H2,1-2H3,(H,30,35)(H,28,32,33). The van der Waals surface area contributed by atoms with Crippen molar-refractivity contribution in [2.45, 2.75) is 20.3 Å². The van der Waals surface area contributed by atoms with Crippen LogP contribution in [-0.2, 0) is 4.79 Å². The van der Waals surface area contributed by atoms with Crippen LogP contribution in [0.3, 0.4) is 0 Å². The predicted octanol–water partition coefficient (Wildman–Crippen LogP) is 5.01. The molecular weight excluding hydrogens is 440 g/mol. The van der Waals surface area contributed by atoms with Crippen LogP contribution in [0.4, 0.5) is 5.69 Å². The zero-order valence-corrected chi connectivity index (χ0v) is 19.2. The molecule has 9 nitrogen and oxygen atoms in total. The summed E-state index contributed by atoms with van der Waals surface area (Å²) in [6, 6.07) is 12.2. The minimum Gasteiger partial charge on any atom is -0.353 e. The molecule has 5 heterocycles. The van der Waals surface area contributed by atoms with E-state index in [2.05, 4.69) is 47.6 Å². The normalized spacial score (nSPS) is 11.4. The molecule has 0 saturated carbocycles. The van der Waals surface area contributed by atoms with Gasteiger partial charge < -0.3 is 14.9 Å². The molecule has 172 valence electrons. The maximum atomic E-state index is 11.8. The number of aromatic amines is 2. The van der Waals surface area contributed by atoms with Crippen molar-refractivity contribution < 1.29 is 4.79 Å². The van der Waals surface area contributed by atoms with E-state index in [1.165, 1.54) is 0 Å². The average molecular weight is 463 g/mol. The fourth-order valence-electron chi connectivity index (χ4n) is 4.23. The summed E-state index contributed by atoms with van der Waals surface area (Å²) < 4.78 is 2.02. The summed E-state index contributed by atoms with van der Waals surface area (Å²) in [4.78, 5) is 28.5. The molecule has 0 unspecified atom stereocenters. The average Bonchev–Trinajstić information content (AvgIpc) is 3.61. The molecule has 9 heteroatoms. The lowest BCUT2D eigenvalue weighted by molar-refractivity contribution is -0.115. The van der Waals surface area contributed by atoms with Crippen molar-refractivity contribution in [1.29, 1.82) is 0 Å². The highest BCUT2D eigenvalue weighted by atomic mass is 16.1. The van der Waals surface area contributed by atoms with Gasteiger partial charge >= 0.3 is 0 Å². The van der Waals surface area contributed by atoms with E-state index in [4.69, 9.17) is 0 Å². The first-order chi connectivity index (χ1) is 17.1. The quantitative estimate of drug-likeness (QED) is 0.333. The van der Waals surface area contributed by atoms with Crippen LogP contribution in [0.2, 0.25) is 0 Å². The van der Waals surface area contributed by atoms with Crippen LogP contribution < -0.4 is 5.32 Å². The van der Waals surface area contributed by atoms with E-state index < -0.39 is 0 Å². The summed E-state index contributed by atoms with van der Waals surface area (Å²) >= 11 is 0. The van der Waals surface area contributed by atoms with E-state index in [-0.39, 0.29) is 5.91 Å². The van der Waals surface area contributed by atoms with Crippen LogP contribution in [0.15, 0.2) is 67.5 Å². The molecule has 0 fully saturated rings. The number of nitrogens with zero attached hydrogens (tertiary/aromatic N) is 5. The lowest BCUT2D eigenvalue weighted by Crippen LogP contribution is -2.09. The van der Waals surface area contributed by atoms with E-state index in [0.29, 0.717) is 17.8 Å². The largest absolute Gasteiger partial charge is 0.353 e. The Labute approximate surface area is 200 Å². The van der Waals surface area contributed by atoms with Crippen molar-refractivity contribution in [2.75, 3.05) is 5.32 Å². The summed E-state index contributed by atoms with van der Waals surface area (Å²) in [5.41, 5.74) is 7.76. The van der Waals surface area contributed by atoms with Crippen LogP contribution in [0, 0.1) is 6.92 Å². The number of H-pyrrole nitrogens is 2. The third-order valence-corrected chi connectivity index (χ3v) is 5.98. The topological polar surface area (TPSA) is 117 Å². The van der Waals surface area contributed by atoms with Crippen LogP contribution in [0.5, 0.6) is 0 Å². The summed E-state index contributed by atoms with van der Waals surface area (Å²) in [7, 11) is 0. The number of pyridine rings is 2. The Kier molecular flexibility index (Phi) is 4.88. The molecule has 35 heavy (non-hydrogen) atoms. The van der Waals surface area contributed by atoms with Gasteiger partial charge in [0.15, 0.2) is 5.65 Å². The molecule has 0 aliphatic carbocycles. The van der Waals surface area contributed by atoms with Crippen molar-refractivity contribution in [1.82, 2.24) is 34.7 Å². The second-order valence-corrected chi connectivity index (χ2v) is 8.40. The second kappa shape index (κ2) is 8.21. The number of aromatic nitrogens is 7. The number of carbonyl (C=O) groups is 1. The molecule has 0 aliphatic heterocycles. The minimum absolute atomic E-state index is 0.0568. The Morgan fingerprint density at radius 2 is 1.94 bits per heavy atom. The van der Waals surface area contributed by atoms with Gasteiger partial charge in [0.05, 0.1) is 35.3 Å². The highest BCUT2D eigenvalue weighted by Crippen LogP contribution is 2.33. The Hall–Kier alpha value is -4.79. The van der Waals surface area contributed by atoms with Crippen molar-refractivity contribution in [3.8, 4) is 28.2 Å². The van der Waals surface area contributed by atoms with Crippen LogP contribution >= 0.6 is 0 Å². The molecule has 0 spiro atoms. The van der Waals surface area contributed by atoms with Crippen LogP contribution in [0.1, 0.15) is 19.0 Å². The van der Waals surface area contributed by atoms with Gasteiger partial charge in [-0.05, 0) is 37.3 Å². The van der Waals surface area contributed by atoms with Gasteiger partial charge in [0.1, 0.15) is 5.69 Å². The van der Waals surface area contributed by atoms with Crippen molar-refractivity contribution >= 4 is 33.5 Å². The van der Waals surface area contributed by atoms with E-state index in [0.717, 1.165) is 50.2 Å². The first-order valence-electron chi connectivity index (χ1n) is 11.3. The van der Waals surface area contributed by atoms with Crippen LogP contribution in [-0.4, -0.2) is 40.6 Å². The molecule has 0 atom stereocenters. The molecule has 0 aliphatic rings. The summed E-state index contributed by atoms with van der Waals surface area (Å²) in [6.45, 7) is 3.79. The Morgan fingerprint density at radius 3 is 2.77 bits per heavy atom. The van der Waals surface area contributed by atoms with E-state index in [1.807, 2.05) is 55.2 Å². The number of nitrogens with one attached hydrogen (secondary N) is 3. The fraction of sp³-hybridized carbons (Fsp3) is 0.115. The smallest absolute Gasteiger partial charge is 0.224 e. The number of benzene rings is 1. The number of carbonyl (C=O) groups excluding carboxylic acids is 1. The van der Waals surface area contributed by atoms with Gasteiger partial charge in [-0.15, -0.1) is 0 Å². The third-order valence-electron chi connectivity index (χ3n) is 5.98. The zero-order chi connectivity index (χ0) is 23.9. The summed E-state index contributed by atoms with van der Waals surface area (Å²) in [5.74, 6) is -0.0568. The lowest BCUT2D eigenvalue weighted by Gasteiger charge is -2.06. The fourth-order valence-corrected chi connectivity index (χ4v) is 4.23. The highest BCUT2D eigenvalue weighted by Gasteiger charge is 2.15. The zero-order valence-electron chi connectivity index (χ0n) is 19.2. The number of aryl methyl sites for hydroxylation is 1. The van der Waals surface area contributed by atoms with E-state index in [1.54, 1.807) is 18.6 Å². The van der Waals surface area contributed by atoms with Gasteiger partial charge in [0.25, 0.3) is 0 Å². The van der Waals surface area contributed by atoms with Crippen molar-refractivity contribution in [3.05, 3.63) is 73.2 Å². The van der Waals surface area contributed by atoms with Crippen molar-refractivity contribution in [3.63, 3.8) is 0 Å². The molecule has 0 bridgehead atoms. The SMILES string of the molecule is CCC(=O)Nc1cncc(-c2cnc3[nH]nc(-c4cc5c(-n6cnc(C)c6)cccc5[nH]4)c3c2)c1. The molecule has 6 aromatic rings. The predicted molar refractivity (Wildman–Crippen MR) is 135 cm³/mol. The van der Waals surface area contributed by atoms with Gasteiger partial charge in [-0.25, -0.2) is 9.97 Å². The molecular formula is C26H22N8O. The van der Waals surface area contributed by atoms with Gasteiger partial charge in [-0.3, -0.25) is 14.9 Å². The van der Waals surface area contributed by atoms with Crippen LogP contribution in [0.25, 0.3) is 50.1 Å². The van der Waals surface area contributed by atoms with E-state index >= 15 is 0 Å². The molecule has 1 aromatic carbocycles. The third kappa shape index (κ3) is 3.72. The molecule has 3 N–H and O–H groups in total. The van der Waals surface area contributed by atoms with Gasteiger partial charge in [0, 0.05) is 52.4 Å². The maximum absolute atomic E-state index is 11.8. The summed E-state index contributed by atoms with van der Waals surface area (Å²) in [5, 5.41) is 12.4. The maximum Gasteiger partial charge on any atom is 0.224 e. The first kappa shape index (κ1) is 20.8. The Bertz CT molecular complexity index is 1710. The Balaban J connectivity index is 1.43. The number of fused-ring (bicyclic) bond motifs is 2. The second-order valence-electron chi connectivity index (χ2n) is 8.40. The Morgan fingerprint density at radius 1 is 1.06 bits per heavy atom. The number of amides is 1. The monoisotopic (exact) mass is 462 g/mol. The number of hydrogen-bond donors (Lipinski definition) is 3. The minimum atomic E-state index is -0.0568. The van der Waals surface area contributed by atoms with Crippen molar-refractivity contribution in [2.24, 2.45) is 0 Å². The van der Waals surface area contributed by atoms with Gasteiger partial charge in [-0.2, -0.15) is 5.10 Å². The molecule has 0 saturated heterocycles. The van der Waals surface area contributed by atoms with Gasteiger partial charge in [0.2, 0.25) is 5.91 Å².